The van der Waals surface area contributed by atoms with E-state index in [4.69, 9.17) is 9.84 Å². The average molecular weight is 415 g/mol. The molecule has 2 aliphatic carbocycles. The summed E-state index contributed by atoms with van der Waals surface area (Å²) in [6, 6.07) is 2.79. The van der Waals surface area contributed by atoms with E-state index in [9.17, 15) is 0 Å². The number of ether oxygens (including phenoxy) is 1. The van der Waals surface area contributed by atoms with E-state index in [1.165, 1.54) is 31.5 Å². The summed E-state index contributed by atoms with van der Waals surface area (Å²) >= 11 is 2.35. The topological polar surface area (TPSA) is 30.3 Å². The highest BCUT2D eigenvalue weighted by molar-refractivity contribution is 14.1. The van der Waals surface area contributed by atoms with Gasteiger partial charge in [-0.2, -0.15) is 5.10 Å². The summed E-state index contributed by atoms with van der Waals surface area (Å²) in [7, 11) is 1.81. The third kappa shape index (κ3) is 2.26. The maximum atomic E-state index is 5.27. The highest BCUT2D eigenvalue weighted by Gasteiger charge is 2.65. The van der Waals surface area contributed by atoms with E-state index in [0.717, 1.165) is 34.6 Å². The number of rotatable bonds is 5. The lowest BCUT2D eigenvalue weighted by Gasteiger charge is -2.52. The highest BCUT2D eigenvalue weighted by Crippen LogP contribution is 2.69. The lowest BCUT2D eigenvalue weighted by molar-refractivity contribution is -0.0343. The van der Waals surface area contributed by atoms with Gasteiger partial charge in [0.05, 0.1) is 6.61 Å². The Hall–Kier alpha value is -0.140. The molecule has 0 radical (unpaired) electrons. The van der Waals surface area contributed by atoms with Crippen LogP contribution < -0.4 is 0 Å². The van der Waals surface area contributed by atoms with Crippen molar-refractivity contribution in [2.75, 3.05) is 26.8 Å². The van der Waals surface area contributed by atoms with Crippen molar-refractivity contribution in [2.45, 2.75) is 50.6 Å². The van der Waals surface area contributed by atoms with Crippen LogP contribution in [-0.2, 0) is 4.74 Å². The molecule has 22 heavy (non-hydrogen) atoms. The van der Waals surface area contributed by atoms with Crippen LogP contribution in [0.1, 0.15) is 50.8 Å². The van der Waals surface area contributed by atoms with Gasteiger partial charge in [-0.3, -0.25) is 9.58 Å². The van der Waals surface area contributed by atoms with Crippen LogP contribution in [0.4, 0.5) is 0 Å². The van der Waals surface area contributed by atoms with Crippen molar-refractivity contribution in [3.8, 4) is 0 Å². The second-order valence-electron chi connectivity index (χ2n) is 7.65. The van der Waals surface area contributed by atoms with E-state index >= 15 is 0 Å². The quantitative estimate of drug-likeness (QED) is 0.692. The molecule has 0 aromatic carbocycles. The van der Waals surface area contributed by atoms with Crippen molar-refractivity contribution in [3.63, 3.8) is 0 Å². The second-order valence-corrected chi connectivity index (χ2v) is 8.75. The summed E-state index contributed by atoms with van der Waals surface area (Å²) in [6.45, 7) is 7.74. The van der Waals surface area contributed by atoms with Crippen molar-refractivity contribution >= 4 is 22.6 Å². The van der Waals surface area contributed by atoms with Crippen LogP contribution in [0.2, 0.25) is 0 Å². The number of aromatic nitrogens is 2. The molecular formula is C17H26IN3O. The van der Waals surface area contributed by atoms with Crippen LogP contribution in [0.15, 0.2) is 6.07 Å². The maximum Gasteiger partial charge on any atom is 0.123 e. The Labute approximate surface area is 146 Å². The molecule has 0 N–H and O–H groups in total. The van der Waals surface area contributed by atoms with Gasteiger partial charge in [0.15, 0.2) is 0 Å². The van der Waals surface area contributed by atoms with Crippen LogP contribution in [-0.4, -0.2) is 47.0 Å². The molecule has 3 aliphatic rings. The highest BCUT2D eigenvalue weighted by atomic mass is 127. The smallest absolute Gasteiger partial charge is 0.123 e. The molecule has 5 heteroatoms. The Kier molecular flexibility index (Phi) is 3.81. The third-order valence-electron chi connectivity index (χ3n) is 6.21. The van der Waals surface area contributed by atoms with Gasteiger partial charge in [0, 0.05) is 43.4 Å². The predicted octanol–water partition coefficient (Wildman–Crippen LogP) is 3.28. The van der Waals surface area contributed by atoms with Crippen molar-refractivity contribution in [1.29, 1.82) is 0 Å². The Morgan fingerprint density at radius 3 is 2.68 bits per heavy atom. The van der Waals surface area contributed by atoms with Gasteiger partial charge in [0.1, 0.15) is 3.70 Å². The molecule has 2 unspecified atom stereocenters. The second kappa shape index (κ2) is 5.45. The van der Waals surface area contributed by atoms with E-state index < -0.39 is 0 Å². The molecule has 1 aliphatic heterocycles. The summed E-state index contributed by atoms with van der Waals surface area (Å²) in [6.07, 6.45) is 4.19. The first-order chi connectivity index (χ1) is 10.6. The van der Waals surface area contributed by atoms with Crippen LogP contribution in [0, 0.1) is 15.5 Å². The first-order valence-corrected chi connectivity index (χ1v) is 9.62. The molecule has 4 rings (SSSR count). The van der Waals surface area contributed by atoms with E-state index in [1.807, 2.05) is 7.11 Å². The van der Waals surface area contributed by atoms with Gasteiger partial charge >= 0.3 is 0 Å². The summed E-state index contributed by atoms with van der Waals surface area (Å²) in [5.74, 6) is 2.57. The molecule has 1 aromatic rings. The van der Waals surface area contributed by atoms with Gasteiger partial charge in [0.25, 0.3) is 0 Å². The SMILES string of the molecule is COCCN1CCC12CC1C(C2)C1c1cc(I)nn1C(C)C. The molecule has 3 fully saturated rings. The van der Waals surface area contributed by atoms with Crippen LogP contribution in [0.5, 0.6) is 0 Å². The van der Waals surface area contributed by atoms with Gasteiger partial charge in [0.2, 0.25) is 0 Å². The Bertz CT molecular complexity index is 558. The van der Waals surface area contributed by atoms with Crippen LogP contribution >= 0.6 is 22.6 Å². The van der Waals surface area contributed by atoms with Crippen molar-refractivity contribution < 1.29 is 4.74 Å². The van der Waals surface area contributed by atoms with Gasteiger partial charge in [-0.1, -0.05) is 0 Å². The number of fused-ring (bicyclic) bond motifs is 1. The number of halogens is 1. The predicted molar refractivity (Wildman–Crippen MR) is 95.1 cm³/mol. The minimum atomic E-state index is 0.468. The summed E-state index contributed by atoms with van der Waals surface area (Å²) in [4.78, 5) is 2.68. The van der Waals surface area contributed by atoms with E-state index in [1.54, 1.807) is 0 Å². The van der Waals surface area contributed by atoms with Crippen LogP contribution in [0.3, 0.4) is 0 Å². The zero-order valence-corrected chi connectivity index (χ0v) is 15.9. The number of hydrogen-bond acceptors (Lipinski definition) is 3. The zero-order valence-electron chi connectivity index (χ0n) is 13.8. The first-order valence-electron chi connectivity index (χ1n) is 8.55. The molecular weight excluding hydrogens is 389 g/mol. The van der Waals surface area contributed by atoms with Crippen molar-refractivity contribution in [3.05, 3.63) is 15.5 Å². The lowest BCUT2D eigenvalue weighted by Crippen LogP contribution is -2.59. The normalized spacial score (nSPS) is 36.9. The summed E-state index contributed by atoms with van der Waals surface area (Å²) in [5, 5.41) is 4.70. The molecule has 2 atom stereocenters. The Balaban J connectivity index is 1.45. The number of nitrogens with zero attached hydrogens (tertiary/aromatic N) is 3. The number of hydrogen-bond donors (Lipinski definition) is 0. The Morgan fingerprint density at radius 2 is 2.14 bits per heavy atom. The molecule has 2 saturated carbocycles. The van der Waals surface area contributed by atoms with Gasteiger partial charge < -0.3 is 4.74 Å². The van der Waals surface area contributed by atoms with Gasteiger partial charge in [-0.25, -0.2) is 0 Å². The first kappa shape index (κ1) is 15.4. The fourth-order valence-electron chi connectivity index (χ4n) is 5.04. The van der Waals surface area contributed by atoms with Crippen molar-refractivity contribution in [2.24, 2.45) is 11.8 Å². The minimum Gasteiger partial charge on any atom is -0.383 e. The molecule has 0 amide bonds. The zero-order chi connectivity index (χ0) is 15.5. The summed E-state index contributed by atoms with van der Waals surface area (Å²) < 4.78 is 8.68. The van der Waals surface area contributed by atoms with E-state index in [-0.39, 0.29) is 0 Å². The molecule has 4 nitrogen and oxygen atoms in total. The van der Waals surface area contributed by atoms with Crippen molar-refractivity contribution in [1.82, 2.24) is 14.7 Å². The number of methoxy groups -OCH3 is 1. The average Bonchev–Trinajstić information content (AvgIpc) is 2.85. The van der Waals surface area contributed by atoms with E-state index in [2.05, 4.69) is 52.1 Å². The largest absolute Gasteiger partial charge is 0.383 e. The lowest BCUT2D eigenvalue weighted by atomic mass is 9.78. The molecule has 1 saturated heterocycles. The fourth-order valence-corrected chi connectivity index (χ4v) is 5.59. The van der Waals surface area contributed by atoms with Gasteiger partial charge in [-0.05, 0) is 73.6 Å². The minimum absolute atomic E-state index is 0.468. The number of likely N-dealkylation sites (tertiary alicyclic amines) is 1. The Morgan fingerprint density at radius 1 is 1.41 bits per heavy atom. The molecule has 1 spiro atoms. The monoisotopic (exact) mass is 415 g/mol. The van der Waals surface area contributed by atoms with Gasteiger partial charge in [-0.15, -0.1) is 0 Å². The third-order valence-corrected chi connectivity index (χ3v) is 6.74. The van der Waals surface area contributed by atoms with Crippen LogP contribution in [0.25, 0.3) is 0 Å². The molecule has 2 heterocycles. The summed E-state index contributed by atoms with van der Waals surface area (Å²) in [5.41, 5.74) is 2.02. The standard InChI is InChI=1S/C17H26IN3O/c1-11(2)21-14(8-15(18)19-21)16-12-9-17(10-13(12)16)4-5-20(17)6-7-22-3/h8,11-13,16H,4-7,9-10H2,1-3H3. The molecule has 1 aromatic heterocycles. The molecule has 122 valence electrons. The molecule has 0 bridgehead atoms. The fraction of sp³-hybridized carbons (Fsp3) is 0.824. The maximum absolute atomic E-state index is 5.27. The van der Waals surface area contributed by atoms with E-state index in [0.29, 0.717) is 11.6 Å².